The van der Waals surface area contributed by atoms with Crippen LogP contribution in [0.1, 0.15) is 60.2 Å². The predicted octanol–water partition coefficient (Wildman–Crippen LogP) is 3.95. The summed E-state index contributed by atoms with van der Waals surface area (Å²) in [5.74, 6) is -1.56. The van der Waals surface area contributed by atoms with Gasteiger partial charge in [-0.2, -0.15) is 39.5 Å². The summed E-state index contributed by atoms with van der Waals surface area (Å²) in [5, 5.41) is 21.3. The first-order valence-electron chi connectivity index (χ1n) is 15.2. The fraction of sp³-hybridized carbons (Fsp3) is 0.353. The Hall–Kier alpha value is -4.13. The van der Waals surface area contributed by atoms with Gasteiger partial charge in [0.15, 0.2) is 5.75 Å². The number of halogens is 9. The van der Waals surface area contributed by atoms with Crippen LogP contribution in [0.5, 0.6) is 11.5 Å². The van der Waals surface area contributed by atoms with Crippen molar-refractivity contribution in [2.24, 2.45) is 0 Å². The molecular formula is C34H30F9N4NaO5. The Labute approximate surface area is 319 Å². The molecule has 2 aromatic heterocycles. The van der Waals surface area contributed by atoms with E-state index in [0.29, 0.717) is 12.1 Å². The summed E-state index contributed by atoms with van der Waals surface area (Å²) in [6, 6.07) is 6.31. The Kier molecular flexibility index (Phi) is 13.8. The van der Waals surface area contributed by atoms with Crippen LogP contribution in [0.4, 0.5) is 45.5 Å². The molecule has 9 nitrogen and oxygen atoms in total. The molecule has 0 unspecified atom stereocenters. The number of benzene rings is 2. The Balaban J connectivity index is 0.00000756. The van der Waals surface area contributed by atoms with E-state index < -0.39 is 65.4 Å². The van der Waals surface area contributed by atoms with Crippen LogP contribution in [-0.4, -0.2) is 39.7 Å². The number of rotatable bonds is 13. The Morgan fingerprint density at radius 3 is 1.92 bits per heavy atom. The van der Waals surface area contributed by atoms with Gasteiger partial charge in [0.05, 0.1) is 48.5 Å². The number of pyridine rings is 1. The molecule has 0 fully saturated rings. The number of carboxylic acid groups (broad SMARTS) is 1. The van der Waals surface area contributed by atoms with E-state index in [9.17, 15) is 54.5 Å². The summed E-state index contributed by atoms with van der Waals surface area (Å²) in [6.07, 6.45) is -13.3. The van der Waals surface area contributed by atoms with Gasteiger partial charge in [0.1, 0.15) is 17.0 Å². The molecule has 2 aromatic carbocycles. The monoisotopic (exact) mass is 768 g/mol. The van der Waals surface area contributed by atoms with E-state index in [2.05, 4.69) is 15.0 Å². The molecular weight excluding hydrogens is 738 g/mol. The van der Waals surface area contributed by atoms with Gasteiger partial charge in [-0.3, -0.25) is 0 Å². The second-order valence-corrected chi connectivity index (χ2v) is 12.0. The van der Waals surface area contributed by atoms with Gasteiger partial charge in [-0.1, -0.05) is 6.07 Å². The summed E-state index contributed by atoms with van der Waals surface area (Å²) in [4.78, 5) is 24.3. The molecule has 53 heavy (non-hydrogen) atoms. The molecule has 0 aliphatic heterocycles. The SMILES string of the molecule is COc1ccc(C(C)(C)O)nc1-c1ccc(C(F)(F)F)cc1CN(Cc1cc(C(F)(F)F)cc(C(F)(F)F)c1)c1ncc(OCCCC(=O)[O-])cn1.[Na+]. The van der Waals surface area contributed by atoms with Crippen molar-refractivity contribution in [3.63, 3.8) is 0 Å². The summed E-state index contributed by atoms with van der Waals surface area (Å²) >= 11 is 0. The summed E-state index contributed by atoms with van der Waals surface area (Å²) in [6.45, 7) is 1.35. The van der Waals surface area contributed by atoms with Crippen molar-refractivity contribution in [3.05, 3.63) is 94.4 Å². The summed E-state index contributed by atoms with van der Waals surface area (Å²) < 4.78 is 135. The number of carbonyl (C=O) groups excluding carboxylic acids is 1. The third-order valence-corrected chi connectivity index (χ3v) is 7.47. The first-order valence-corrected chi connectivity index (χ1v) is 15.2. The number of alkyl halides is 9. The minimum Gasteiger partial charge on any atom is -0.550 e. The summed E-state index contributed by atoms with van der Waals surface area (Å²) in [7, 11) is 1.27. The maximum Gasteiger partial charge on any atom is 1.00 e. The molecule has 2 heterocycles. The van der Waals surface area contributed by atoms with Crippen LogP contribution in [0.2, 0.25) is 0 Å². The van der Waals surface area contributed by atoms with Gasteiger partial charge in [-0.25, -0.2) is 15.0 Å². The van der Waals surface area contributed by atoms with Crippen LogP contribution in [-0.2, 0) is 42.0 Å². The van der Waals surface area contributed by atoms with E-state index in [1.807, 2.05) is 0 Å². The molecule has 0 spiro atoms. The van der Waals surface area contributed by atoms with Gasteiger partial charge in [0, 0.05) is 24.6 Å². The number of hydrogen-bond donors (Lipinski definition) is 1. The minimum absolute atomic E-state index is 0. The Morgan fingerprint density at radius 2 is 1.42 bits per heavy atom. The van der Waals surface area contributed by atoms with Crippen molar-refractivity contribution >= 4 is 11.9 Å². The number of methoxy groups -OCH3 is 1. The van der Waals surface area contributed by atoms with Gasteiger partial charge < -0.3 is 29.4 Å². The van der Waals surface area contributed by atoms with Gasteiger partial charge >= 0.3 is 48.1 Å². The molecule has 1 N–H and O–H groups in total. The van der Waals surface area contributed by atoms with Crippen molar-refractivity contribution in [2.75, 3.05) is 18.6 Å². The van der Waals surface area contributed by atoms with Crippen LogP contribution in [0, 0.1) is 0 Å². The number of aliphatic hydroxyl groups is 1. The second kappa shape index (κ2) is 16.9. The minimum atomic E-state index is -5.19. The van der Waals surface area contributed by atoms with Gasteiger partial charge in [0.2, 0.25) is 5.95 Å². The average Bonchev–Trinajstić information content (AvgIpc) is 3.04. The molecule has 0 aliphatic carbocycles. The first-order chi connectivity index (χ1) is 24.1. The van der Waals surface area contributed by atoms with Crippen LogP contribution < -0.4 is 49.0 Å². The molecule has 0 amide bonds. The van der Waals surface area contributed by atoms with E-state index >= 15 is 0 Å². The smallest absolute Gasteiger partial charge is 0.550 e. The van der Waals surface area contributed by atoms with E-state index in [0.717, 1.165) is 35.5 Å². The normalized spacial score (nSPS) is 12.2. The number of carbonyl (C=O) groups is 1. The van der Waals surface area contributed by atoms with Gasteiger partial charge in [-0.05, 0) is 80.3 Å². The van der Waals surface area contributed by atoms with Gasteiger partial charge in [-0.15, -0.1) is 0 Å². The van der Waals surface area contributed by atoms with Crippen LogP contribution in [0.15, 0.2) is 60.9 Å². The molecule has 280 valence electrons. The fourth-order valence-electron chi connectivity index (χ4n) is 4.96. The predicted molar refractivity (Wildman–Crippen MR) is 165 cm³/mol. The summed E-state index contributed by atoms with van der Waals surface area (Å²) in [5.41, 5.74) is -6.47. The number of ether oxygens (including phenoxy) is 2. The quantitative estimate of drug-likeness (QED) is 0.123. The van der Waals surface area contributed by atoms with E-state index in [1.54, 1.807) is 0 Å². The molecule has 0 saturated heterocycles. The molecule has 0 aliphatic rings. The number of aliphatic carboxylic acids is 1. The Morgan fingerprint density at radius 1 is 0.830 bits per heavy atom. The van der Waals surface area contributed by atoms with Crippen LogP contribution in [0.3, 0.4) is 0 Å². The number of anilines is 1. The number of aromatic nitrogens is 3. The fourth-order valence-corrected chi connectivity index (χ4v) is 4.96. The number of nitrogens with zero attached hydrogens (tertiary/aromatic N) is 4. The van der Waals surface area contributed by atoms with Gasteiger partial charge in [0.25, 0.3) is 0 Å². The van der Waals surface area contributed by atoms with Crippen molar-refractivity contribution < 1.29 is 93.6 Å². The Bertz CT molecular complexity index is 1850. The second-order valence-electron chi connectivity index (χ2n) is 12.0. The zero-order valence-corrected chi connectivity index (χ0v) is 30.6. The zero-order chi connectivity index (χ0) is 38.6. The number of carboxylic acids is 1. The third kappa shape index (κ3) is 11.7. The molecule has 0 radical (unpaired) electrons. The van der Waals surface area contributed by atoms with E-state index in [1.165, 1.54) is 33.1 Å². The van der Waals surface area contributed by atoms with Crippen molar-refractivity contribution in [1.29, 1.82) is 0 Å². The molecule has 4 rings (SSSR count). The topological polar surface area (TPSA) is 121 Å². The molecule has 19 heteroatoms. The number of hydrogen-bond acceptors (Lipinski definition) is 9. The standard InChI is InChI=1S/C34H31F9N4O5.Na/c1-31(2,50)27-9-8-26(51-3)29(46-27)25-7-6-21(32(35,36)37)13-20(25)18-47(30-44-15-24(16-45-30)52-10-4-5-28(48)49)17-19-11-22(33(38,39)40)14-23(12-19)34(41,42)43;/h6-9,11-16,50H,4-5,10,17-18H2,1-3H3,(H,48,49);/q;+1/p-1. The molecule has 4 aromatic rings. The van der Waals surface area contributed by atoms with Crippen LogP contribution in [0.25, 0.3) is 11.3 Å². The van der Waals surface area contributed by atoms with Crippen molar-refractivity contribution in [3.8, 4) is 22.8 Å². The molecule has 0 bridgehead atoms. The molecule has 0 atom stereocenters. The van der Waals surface area contributed by atoms with E-state index in [-0.39, 0.29) is 95.0 Å². The van der Waals surface area contributed by atoms with Crippen LogP contribution >= 0.6 is 0 Å². The maximum absolute atomic E-state index is 14.0. The third-order valence-electron chi connectivity index (χ3n) is 7.47. The molecule has 0 saturated carbocycles. The zero-order valence-electron chi connectivity index (χ0n) is 28.6. The van der Waals surface area contributed by atoms with Crippen molar-refractivity contribution in [1.82, 2.24) is 15.0 Å². The average molecular weight is 769 g/mol. The first kappa shape index (κ1) is 43.3. The van der Waals surface area contributed by atoms with Crippen molar-refractivity contribution in [2.45, 2.75) is 63.9 Å². The largest absolute Gasteiger partial charge is 1.00 e. The maximum atomic E-state index is 14.0. The van der Waals surface area contributed by atoms with E-state index in [4.69, 9.17) is 9.47 Å².